The van der Waals surface area contributed by atoms with E-state index in [1.807, 2.05) is 19.1 Å². The van der Waals surface area contributed by atoms with Gasteiger partial charge in [0.1, 0.15) is 17.4 Å². The monoisotopic (exact) mass is 419 g/mol. The Kier molecular flexibility index (Phi) is 4.25. The van der Waals surface area contributed by atoms with Gasteiger partial charge in [-0.25, -0.2) is 8.78 Å². The van der Waals surface area contributed by atoms with Crippen LogP contribution in [0.4, 0.5) is 14.5 Å². The van der Waals surface area contributed by atoms with Gasteiger partial charge < -0.3 is 15.2 Å². The standard InChI is InChI=1S/C26H23F2NO2/c1-15-13-25(2,3)29-21-10-9-18-19-12-17(27)8-11-22(19)31-26(30,24(18)23(15)21)14-16-6-4-5-7-20(16)28/h4-13,29-30H,14H2,1-3H3. The normalized spacial score (nSPS) is 20.5. The lowest BCUT2D eigenvalue weighted by molar-refractivity contribution is -0.147. The van der Waals surface area contributed by atoms with Crippen molar-refractivity contribution in [2.45, 2.75) is 38.5 Å². The molecule has 0 radical (unpaired) electrons. The van der Waals surface area contributed by atoms with E-state index < -0.39 is 17.4 Å². The minimum atomic E-state index is -1.83. The van der Waals surface area contributed by atoms with Crippen molar-refractivity contribution < 1.29 is 18.6 Å². The molecule has 5 heteroatoms. The Morgan fingerprint density at radius 2 is 1.77 bits per heavy atom. The molecule has 2 N–H and O–H groups in total. The molecule has 2 aliphatic heterocycles. The quantitative estimate of drug-likeness (QED) is 0.534. The summed E-state index contributed by atoms with van der Waals surface area (Å²) in [5, 5.41) is 15.4. The first kappa shape index (κ1) is 19.8. The summed E-state index contributed by atoms with van der Waals surface area (Å²) in [4.78, 5) is 0. The van der Waals surface area contributed by atoms with Crippen molar-refractivity contribution in [1.29, 1.82) is 0 Å². The molecule has 0 aliphatic carbocycles. The first-order chi connectivity index (χ1) is 14.7. The lowest BCUT2D eigenvalue weighted by Crippen LogP contribution is -2.41. The number of halogens is 2. The molecule has 5 rings (SSSR count). The number of fused-ring (bicyclic) bond motifs is 5. The van der Waals surface area contributed by atoms with Crippen molar-refractivity contribution in [3.63, 3.8) is 0 Å². The van der Waals surface area contributed by atoms with Gasteiger partial charge >= 0.3 is 0 Å². The van der Waals surface area contributed by atoms with E-state index >= 15 is 0 Å². The Morgan fingerprint density at radius 1 is 1.00 bits per heavy atom. The second kappa shape index (κ2) is 6.66. The third kappa shape index (κ3) is 3.20. The summed E-state index contributed by atoms with van der Waals surface area (Å²) < 4.78 is 34.7. The summed E-state index contributed by atoms with van der Waals surface area (Å²) in [5.41, 5.74) is 4.43. The van der Waals surface area contributed by atoms with Crippen LogP contribution in [0.2, 0.25) is 0 Å². The minimum absolute atomic E-state index is 0.0867. The molecule has 2 heterocycles. The lowest BCUT2D eigenvalue weighted by atomic mass is 9.79. The maximum absolute atomic E-state index is 14.5. The molecule has 0 spiro atoms. The number of ether oxygens (including phenoxy) is 1. The fraction of sp³-hybridized carbons (Fsp3) is 0.231. The van der Waals surface area contributed by atoms with E-state index in [-0.39, 0.29) is 12.0 Å². The zero-order valence-electron chi connectivity index (χ0n) is 17.6. The summed E-state index contributed by atoms with van der Waals surface area (Å²) in [6.07, 6.45) is 2.00. The number of rotatable bonds is 2. The van der Waals surface area contributed by atoms with Crippen molar-refractivity contribution in [2.75, 3.05) is 5.32 Å². The molecule has 3 aromatic carbocycles. The molecule has 0 amide bonds. The number of benzene rings is 3. The van der Waals surface area contributed by atoms with Gasteiger partial charge in [0, 0.05) is 28.8 Å². The van der Waals surface area contributed by atoms with Crippen LogP contribution in [0.25, 0.3) is 16.7 Å². The molecule has 0 aromatic heterocycles. The van der Waals surface area contributed by atoms with Crippen molar-refractivity contribution in [3.05, 3.63) is 89.0 Å². The van der Waals surface area contributed by atoms with Crippen LogP contribution in [0.1, 0.15) is 37.5 Å². The zero-order valence-corrected chi connectivity index (χ0v) is 17.6. The van der Waals surface area contributed by atoms with Crippen LogP contribution in [0.5, 0.6) is 5.75 Å². The number of aliphatic hydroxyl groups is 1. The molecule has 2 aliphatic rings. The summed E-state index contributed by atoms with van der Waals surface area (Å²) in [5.74, 6) is -2.27. The topological polar surface area (TPSA) is 41.5 Å². The minimum Gasteiger partial charge on any atom is -0.457 e. The molecule has 31 heavy (non-hydrogen) atoms. The van der Waals surface area contributed by atoms with Gasteiger partial charge in [-0.2, -0.15) is 0 Å². The van der Waals surface area contributed by atoms with Crippen LogP contribution in [0, 0.1) is 11.6 Å². The molecule has 0 fully saturated rings. The van der Waals surface area contributed by atoms with Crippen molar-refractivity contribution >= 4 is 11.3 Å². The van der Waals surface area contributed by atoms with Gasteiger partial charge in [-0.3, -0.25) is 0 Å². The first-order valence-electron chi connectivity index (χ1n) is 10.3. The van der Waals surface area contributed by atoms with Gasteiger partial charge in [0.05, 0.1) is 5.54 Å². The third-order valence-corrected chi connectivity index (χ3v) is 5.92. The molecular weight excluding hydrogens is 396 g/mol. The molecule has 1 atom stereocenters. The molecular formula is C26H23F2NO2. The highest BCUT2D eigenvalue weighted by Crippen LogP contribution is 2.51. The highest BCUT2D eigenvalue weighted by Gasteiger charge is 2.44. The lowest BCUT2D eigenvalue weighted by Gasteiger charge is -2.41. The van der Waals surface area contributed by atoms with E-state index in [9.17, 15) is 13.9 Å². The van der Waals surface area contributed by atoms with Crippen LogP contribution in [0.3, 0.4) is 0 Å². The summed E-state index contributed by atoms with van der Waals surface area (Å²) in [6.45, 7) is 6.10. The SMILES string of the molecule is CC1=CC(C)(C)Nc2ccc3c(c21)C(O)(Cc1ccccc1F)Oc1ccc(F)cc1-3. The van der Waals surface area contributed by atoms with Gasteiger partial charge in [0.25, 0.3) is 0 Å². The highest BCUT2D eigenvalue weighted by atomic mass is 19.1. The molecule has 0 bridgehead atoms. The summed E-state index contributed by atoms with van der Waals surface area (Å²) >= 11 is 0. The van der Waals surface area contributed by atoms with Crippen LogP contribution >= 0.6 is 0 Å². The maximum Gasteiger partial charge on any atom is 0.240 e. The fourth-order valence-electron chi connectivity index (χ4n) is 4.80. The van der Waals surface area contributed by atoms with E-state index in [4.69, 9.17) is 4.74 Å². The molecule has 1 unspecified atom stereocenters. The van der Waals surface area contributed by atoms with E-state index in [0.29, 0.717) is 28.0 Å². The molecule has 0 saturated heterocycles. The van der Waals surface area contributed by atoms with E-state index in [2.05, 4.69) is 25.2 Å². The Balaban J connectivity index is 1.79. The van der Waals surface area contributed by atoms with Gasteiger partial charge in [0.15, 0.2) is 0 Å². The van der Waals surface area contributed by atoms with E-state index in [0.717, 1.165) is 16.8 Å². The van der Waals surface area contributed by atoms with Crippen LogP contribution < -0.4 is 10.1 Å². The second-order valence-corrected chi connectivity index (χ2v) is 8.88. The van der Waals surface area contributed by atoms with Gasteiger partial charge in [-0.05, 0) is 67.8 Å². The Morgan fingerprint density at radius 3 is 2.55 bits per heavy atom. The van der Waals surface area contributed by atoms with Crippen LogP contribution in [-0.2, 0) is 12.2 Å². The average molecular weight is 419 g/mol. The van der Waals surface area contributed by atoms with Crippen molar-refractivity contribution in [2.24, 2.45) is 0 Å². The second-order valence-electron chi connectivity index (χ2n) is 8.88. The van der Waals surface area contributed by atoms with Gasteiger partial charge in [-0.15, -0.1) is 0 Å². The number of hydrogen-bond donors (Lipinski definition) is 2. The van der Waals surface area contributed by atoms with Crippen molar-refractivity contribution in [3.8, 4) is 16.9 Å². The molecule has 0 saturated carbocycles. The predicted octanol–water partition coefficient (Wildman–Crippen LogP) is 6.02. The zero-order chi connectivity index (χ0) is 22.0. The van der Waals surface area contributed by atoms with Gasteiger partial charge in [0.2, 0.25) is 5.79 Å². The molecule has 3 nitrogen and oxygen atoms in total. The number of allylic oxidation sites excluding steroid dienone is 1. The Bertz CT molecular complexity index is 1250. The van der Waals surface area contributed by atoms with Crippen molar-refractivity contribution in [1.82, 2.24) is 0 Å². The average Bonchev–Trinajstić information content (AvgIpc) is 2.69. The smallest absolute Gasteiger partial charge is 0.240 e. The highest BCUT2D eigenvalue weighted by molar-refractivity contribution is 5.90. The van der Waals surface area contributed by atoms with E-state index in [1.165, 1.54) is 24.3 Å². The number of anilines is 1. The maximum atomic E-state index is 14.5. The largest absolute Gasteiger partial charge is 0.457 e. The Hall–Kier alpha value is -3.18. The van der Waals surface area contributed by atoms with Crippen LogP contribution in [0.15, 0.2) is 60.7 Å². The Labute approximate surface area is 180 Å². The van der Waals surface area contributed by atoms with Crippen LogP contribution in [-0.4, -0.2) is 10.6 Å². The van der Waals surface area contributed by atoms with E-state index in [1.54, 1.807) is 18.2 Å². The molecule has 158 valence electrons. The number of nitrogens with one attached hydrogen (secondary N) is 1. The predicted molar refractivity (Wildman–Crippen MR) is 118 cm³/mol. The first-order valence-corrected chi connectivity index (χ1v) is 10.3. The fourth-order valence-corrected chi connectivity index (χ4v) is 4.80. The third-order valence-electron chi connectivity index (χ3n) is 5.92. The summed E-state index contributed by atoms with van der Waals surface area (Å²) in [7, 11) is 0. The number of hydrogen-bond acceptors (Lipinski definition) is 3. The summed E-state index contributed by atoms with van der Waals surface area (Å²) in [6, 6.07) is 14.3. The van der Waals surface area contributed by atoms with Gasteiger partial charge in [-0.1, -0.05) is 30.3 Å². The molecule has 3 aromatic rings.